The lowest BCUT2D eigenvalue weighted by molar-refractivity contribution is -0.157. The molecule has 178 valence electrons. The number of carbonyl (C=O) groups is 2. The number of esters is 1. The van der Waals surface area contributed by atoms with Crippen LogP contribution in [-0.4, -0.2) is 44.3 Å². The molecule has 0 spiro atoms. The topological polar surface area (TPSA) is 90.7 Å². The average molecular weight is 456 g/mol. The zero-order chi connectivity index (χ0) is 24.6. The van der Waals surface area contributed by atoms with Gasteiger partial charge in [-0.15, -0.1) is 0 Å². The third-order valence-corrected chi connectivity index (χ3v) is 5.10. The number of ether oxygens (including phenoxy) is 2. The van der Waals surface area contributed by atoms with Crippen LogP contribution in [0.3, 0.4) is 0 Å². The number of hydrogen-bond acceptors (Lipinski definition) is 6. The highest BCUT2D eigenvalue weighted by atomic mass is 16.6. The Bertz CT molecular complexity index is 1090. The maximum Gasteiger partial charge on any atom is 0.410 e. The summed E-state index contributed by atoms with van der Waals surface area (Å²) in [6, 6.07) is 8.12. The molecule has 0 aliphatic carbocycles. The van der Waals surface area contributed by atoms with Crippen molar-refractivity contribution in [1.82, 2.24) is 14.5 Å². The second kappa shape index (κ2) is 9.00. The van der Waals surface area contributed by atoms with Crippen molar-refractivity contribution in [3.8, 4) is 0 Å². The van der Waals surface area contributed by atoms with Gasteiger partial charge in [0, 0.05) is 12.1 Å². The van der Waals surface area contributed by atoms with Crippen molar-refractivity contribution < 1.29 is 19.1 Å². The summed E-state index contributed by atoms with van der Waals surface area (Å²) in [6.45, 7) is 13.0. The predicted octanol–water partition coefficient (Wildman–Crippen LogP) is 3.78. The first-order valence-corrected chi connectivity index (χ1v) is 11.1. The molecule has 8 nitrogen and oxygen atoms in total. The van der Waals surface area contributed by atoms with Crippen molar-refractivity contribution in [3.63, 3.8) is 0 Å². The lowest BCUT2D eigenvalue weighted by Gasteiger charge is -2.32. The Morgan fingerprint density at radius 3 is 2.18 bits per heavy atom. The van der Waals surface area contributed by atoms with Crippen molar-refractivity contribution >= 4 is 12.1 Å². The van der Waals surface area contributed by atoms with E-state index in [1.165, 1.54) is 4.57 Å². The fraction of sp³-hybridized carbons (Fsp3) is 0.520. The molecule has 8 heteroatoms. The molecular formula is C25H33N3O5. The SMILES string of the molecule is Cc1nc2c(c(=O)n1C(C(=O)OC(C)(C)C)c1ccccc1)CCN(C(=O)OC(C)(C)C)C2. The van der Waals surface area contributed by atoms with E-state index in [0.29, 0.717) is 35.6 Å². The van der Waals surface area contributed by atoms with Gasteiger partial charge in [-0.25, -0.2) is 14.6 Å². The van der Waals surface area contributed by atoms with Crippen LogP contribution in [0.15, 0.2) is 35.1 Å². The Labute approximate surface area is 194 Å². The van der Waals surface area contributed by atoms with Crippen molar-refractivity contribution in [3.05, 3.63) is 63.3 Å². The summed E-state index contributed by atoms with van der Waals surface area (Å²) in [5.74, 6) is -0.142. The summed E-state index contributed by atoms with van der Waals surface area (Å²) in [6.07, 6.45) is -0.107. The summed E-state index contributed by atoms with van der Waals surface area (Å²) >= 11 is 0. The smallest absolute Gasteiger partial charge is 0.410 e. The molecule has 33 heavy (non-hydrogen) atoms. The minimum Gasteiger partial charge on any atom is -0.458 e. The maximum absolute atomic E-state index is 13.6. The lowest BCUT2D eigenvalue weighted by atomic mass is 10.0. The Kier molecular flexibility index (Phi) is 6.68. The van der Waals surface area contributed by atoms with Gasteiger partial charge in [0.05, 0.1) is 12.2 Å². The third-order valence-electron chi connectivity index (χ3n) is 5.10. The van der Waals surface area contributed by atoms with Gasteiger partial charge in [0.2, 0.25) is 0 Å². The van der Waals surface area contributed by atoms with E-state index in [1.54, 1.807) is 44.7 Å². The summed E-state index contributed by atoms with van der Waals surface area (Å²) in [5, 5.41) is 0. The van der Waals surface area contributed by atoms with Crippen molar-refractivity contribution in [2.45, 2.75) is 78.7 Å². The zero-order valence-corrected chi connectivity index (χ0v) is 20.5. The molecule has 0 saturated heterocycles. The quantitative estimate of drug-likeness (QED) is 0.655. The second-order valence-electron chi connectivity index (χ2n) is 10.3. The van der Waals surface area contributed by atoms with Crippen molar-refractivity contribution in [2.24, 2.45) is 0 Å². The van der Waals surface area contributed by atoms with Gasteiger partial charge in [-0.1, -0.05) is 30.3 Å². The molecule has 1 aromatic heterocycles. The molecule has 1 amide bonds. The number of benzene rings is 1. The largest absolute Gasteiger partial charge is 0.458 e. The van der Waals surface area contributed by atoms with E-state index in [9.17, 15) is 14.4 Å². The molecule has 1 aliphatic rings. The molecule has 0 N–H and O–H groups in total. The minimum absolute atomic E-state index is 0.184. The van der Waals surface area contributed by atoms with Gasteiger partial charge < -0.3 is 14.4 Å². The van der Waals surface area contributed by atoms with Gasteiger partial charge in [-0.3, -0.25) is 9.36 Å². The Morgan fingerprint density at radius 2 is 1.61 bits per heavy atom. The number of rotatable bonds is 3. The monoisotopic (exact) mass is 455 g/mol. The molecule has 0 radical (unpaired) electrons. The third kappa shape index (κ3) is 5.80. The minimum atomic E-state index is -0.959. The summed E-state index contributed by atoms with van der Waals surface area (Å²) in [7, 11) is 0. The van der Waals surface area contributed by atoms with E-state index in [2.05, 4.69) is 4.98 Å². The van der Waals surface area contributed by atoms with Gasteiger partial charge in [0.25, 0.3) is 5.56 Å². The van der Waals surface area contributed by atoms with Crippen LogP contribution in [0.4, 0.5) is 4.79 Å². The van der Waals surface area contributed by atoms with Crippen LogP contribution in [0.1, 0.15) is 70.2 Å². The summed E-state index contributed by atoms with van der Waals surface area (Å²) in [4.78, 5) is 45.5. The first-order valence-electron chi connectivity index (χ1n) is 11.1. The number of carbonyl (C=O) groups excluding carboxylic acids is 2. The van der Waals surface area contributed by atoms with Crippen molar-refractivity contribution in [2.75, 3.05) is 6.54 Å². The molecule has 1 aliphatic heterocycles. The van der Waals surface area contributed by atoms with Crippen LogP contribution in [0.5, 0.6) is 0 Å². The maximum atomic E-state index is 13.6. The number of nitrogens with zero attached hydrogens (tertiary/aromatic N) is 3. The molecule has 1 atom stereocenters. The fourth-order valence-electron chi connectivity index (χ4n) is 3.79. The zero-order valence-electron chi connectivity index (χ0n) is 20.5. The van der Waals surface area contributed by atoms with Gasteiger partial charge in [-0.2, -0.15) is 0 Å². The van der Waals surface area contributed by atoms with Gasteiger partial charge >= 0.3 is 12.1 Å². The van der Waals surface area contributed by atoms with Crippen LogP contribution < -0.4 is 5.56 Å². The molecule has 1 unspecified atom stereocenters. The lowest BCUT2D eigenvalue weighted by Crippen LogP contribution is -2.44. The molecule has 1 aromatic carbocycles. The number of hydrogen-bond donors (Lipinski definition) is 0. The number of aryl methyl sites for hydroxylation is 1. The fourth-order valence-corrected chi connectivity index (χ4v) is 3.79. The Hall–Kier alpha value is -3.16. The van der Waals surface area contributed by atoms with Crippen LogP contribution in [0.25, 0.3) is 0 Å². The van der Waals surface area contributed by atoms with Gasteiger partial charge in [0.1, 0.15) is 17.0 Å². The normalized spacial score (nSPS) is 14.9. The van der Waals surface area contributed by atoms with E-state index >= 15 is 0 Å². The van der Waals surface area contributed by atoms with Crippen molar-refractivity contribution in [1.29, 1.82) is 0 Å². The molecule has 0 saturated carbocycles. The molecule has 0 fully saturated rings. The van der Waals surface area contributed by atoms with Crippen LogP contribution in [-0.2, 0) is 27.2 Å². The predicted molar refractivity (Wildman–Crippen MR) is 124 cm³/mol. The highest BCUT2D eigenvalue weighted by Gasteiger charge is 2.34. The number of amides is 1. The Morgan fingerprint density at radius 1 is 1.00 bits per heavy atom. The first-order chi connectivity index (χ1) is 15.3. The molecule has 2 heterocycles. The summed E-state index contributed by atoms with van der Waals surface area (Å²) < 4.78 is 12.5. The van der Waals surface area contributed by atoms with E-state index in [-0.39, 0.29) is 12.1 Å². The first kappa shape index (κ1) is 24.5. The molecule has 0 bridgehead atoms. The standard InChI is InChI=1S/C25H33N3O5/c1-16-26-19-15-27(23(31)33-25(5,6)7)14-13-18(19)21(29)28(16)20(17-11-9-8-10-12-17)22(30)32-24(2,3)4/h8-12,20H,13-15H2,1-7H3. The van der Waals surface area contributed by atoms with Crippen LogP contribution in [0.2, 0.25) is 0 Å². The highest BCUT2D eigenvalue weighted by Crippen LogP contribution is 2.25. The summed E-state index contributed by atoms with van der Waals surface area (Å²) in [5.41, 5.74) is 0.0649. The average Bonchev–Trinajstić information content (AvgIpc) is 2.68. The van der Waals surface area contributed by atoms with Crippen LogP contribution >= 0.6 is 0 Å². The van der Waals surface area contributed by atoms with E-state index in [0.717, 1.165) is 0 Å². The number of aromatic nitrogens is 2. The van der Waals surface area contributed by atoms with Gasteiger partial charge in [-0.05, 0) is 60.5 Å². The van der Waals surface area contributed by atoms with E-state index < -0.39 is 29.3 Å². The second-order valence-corrected chi connectivity index (χ2v) is 10.3. The van der Waals surface area contributed by atoms with Gasteiger partial charge in [0.15, 0.2) is 6.04 Å². The van der Waals surface area contributed by atoms with E-state index in [1.807, 2.05) is 39.0 Å². The Balaban J connectivity index is 2.02. The highest BCUT2D eigenvalue weighted by molar-refractivity contribution is 5.78. The molecule has 3 rings (SSSR count). The molecular weight excluding hydrogens is 422 g/mol. The number of fused-ring (bicyclic) bond motifs is 1. The van der Waals surface area contributed by atoms with E-state index in [4.69, 9.17) is 9.47 Å². The molecule has 2 aromatic rings. The van der Waals surface area contributed by atoms with Crippen LogP contribution in [0, 0.1) is 6.92 Å².